The Morgan fingerprint density at radius 1 is 1.28 bits per heavy atom. The van der Waals surface area contributed by atoms with Gasteiger partial charge in [0.15, 0.2) is 5.75 Å². The summed E-state index contributed by atoms with van der Waals surface area (Å²) in [6.07, 6.45) is 0. The maximum absolute atomic E-state index is 10.7. The molecular formula is C11H14ClNO5. The van der Waals surface area contributed by atoms with Gasteiger partial charge in [-0.2, -0.15) is 0 Å². The standard InChI is InChI=1S/C11H14ClNO5/c1-16-4-5-17-6-7-18-11-8-9(12)2-3-10(11)13(14)15/h2-3,8H,4-7H2,1H3. The highest BCUT2D eigenvalue weighted by molar-refractivity contribution is 6.30. The summed E-state index contributed by atoms with van der Waals surface area (Å²) in [7, 11) is 1.58. The highest BCUT2D eigenvalue weighted by atomic mass is 35.5. The summed E-state index contributed by atoms with van der Waals surface area (Å²) in [4.78, 5) is 10.2. The second-order valence-corrected chi connectivity index (χ2v) is 3.76. The van der Waals surface area contributed by atoms with Gasteiger partial charge in [-0.1, -0.05) is 11.6 Å². The normalized spacial score (nSPS) is 10.3. The summed E-state index contributed by atoms with van der Waals surface area (Å²) in [5.41, 5.74) is -0.115. The van der Waals surface area contributed by atoms with Gasteiger partial charge in [0.25, 0.3) is 0 Å². The second kappa shape index (κ2) is 7.86. The first kappa shape index (κ1) is 14.7. The average Bonchev–Trinajstić information content (AvgIpc) is 2.33. The van der Waals surface area contributed by atoms with Gasteiger partial charge in [-0.3, -0.25) is 10.1 Å². The van der Waals surface area contributed by atoms with Crippen LogP contribution in [0, 0.1) is 10.1 Å². The minimum Gasteiger partial charge on any atom is -0.484 e. The molecule has 0 aliphatic heterocycles. The molecular weight excluding hydrogens is 262 g/mol. The second-order valence-electron chi connectivity index (χ2n) is 3.32. The molecule has 18 heavy (non-hydrogen) atoms. The monoisotopic (exact) mass is 275 g/mol. The Balaban J connectivity index is 2.45. The maximum atomic E-state index is 10.7. The largest absolute Gasteiger partial charge is 0.484 e. The quantitative estimate of drug-likeness (QED) is 0.413. The van der Waals surface area contributed by atoms with Crippen molar-refractivity contribution >= 4 is 17.3 Å². The van der Waals surface area contributed by atoms with Gasteiger partial charge in [0.2, 0.25) is 0 Å². The molecule has 0 spiro atoms. The van der Waals surface area contributed by atoms with Crippen LogP contribution in [0.2, 0.25) is 5.02 Å². The van der Waals surface area contributed by atoms with Crippen LogP contribution in [0.4, 0.5) is 5.69 Å². The number of ether oxygens (including phenoxy) is 3. The third kappa shape index (κ3) is 4.87. The molecule has 0 fully saturated rings. The third-order valence-corrected chi connectivity index (χ3v) is 2.27. The third-order valence-electron chi connectivity index (χ3n) is 2.04. The summed E-state index contributed by atoms with van der Waals surface area (Å²) in [5.74, 6) is 0.142. The molecule has 1 aromatic carbocycles. The Bertz CT molecular complexity index is 399. The molecule has 0 aromatic heterocycles. The summed E-state index contributed by atoms with van der Waals surface area (Å²) in [6.45, 7) is 1.49. The van der Waals surface area contributed by atoms with Gasteiger partial charge >= 0.3 is 5.69 Å². The van der Waals surface area contributed by atoms with Crippen molar-refractivity contribution in [3.63, 3.8) is 0 Å². The van der Waals surface area contributed by atoms with E-state index >= 15 is 0 Å². The van der Waals surface area contributed by atoms with Crippen LogP contribution in [0.1, 0.15) is 0 Å². The molecule has 1 rings (SSSR count). The Hall–Kier alpha value is -1.37. The van der Waals surface area contributed by atoms with E-state index in [2.05, 4.69) is 0 Å². The van der Waals surface area contributed by atoms with Crippen LogP contribution in [0.25, 0.3) is 0 Å². The fourth-order valence-electron chi connectivity index (χ4n) is 1.21. The number of benzene rings is 1. The van der Waals surface area contributed by atoms with E-state index in [1.165, 1.54) is 18.2 Å². The lowest BCUT2D eigenvalue weighted by Crippen LogP contribution is -2.10. The van der Waals surface area contributed by atoms with E-state index in [1.807, 2.05) is 0 Å². The van der Waals surface area contributed by atoms with E-state index in [0.717, 1.165) is 0 Å². The summed E-state index contributed by atoms with van der Waals surface area (Å²) < 4.78 is 15.2. The number of rotatable bonds is 8. The zero-order chi connectivity index (χ0) is 13.4. The van der Waals surface area contributed by atoms with Crippen LogP contribution in [0.15, 0.2) is 18.2 Å². The Labute approximate surface area is 110 Å². The molecule has 0 aliphatic carbocycles. The molecule has 7 heteroatoms. The minimum absolute atomic E-state index is 0.115. The predicted octanol–water partition coefficient (Wildman–Crippen LogP) is 2.29. The van der Waals surface area contributed by atoms with Crippen LogP contribution >= 0.6 is 11.6 Å². The molecule has 0 unspecified atom stereocenters. The summed E-state index contributed by atoms with van der Waals surface area (Å²) in [5, 5.41) is 11.1. The van der Waals surface area contributed by atoms with Gasteiger partial charge in [0.1, 0.15) is 6.61 Å². The number of methoxy groups -OCH3 is 1. The molecule has 0 N–H and O–H groups in total. The number of hydrogen-bond donors (Lipinski definition) is 0. The smallest absolute Gasteiger partial charge is 0.311 e. The van der Waals surface area contributed by atoms with Crippen molar-refractivity contribution in [1.29, 1.82) is 0 Å². The SMILES string of the molecule is COCCOCCOc1cc(Cl)ccc1[N+](=O)[O-]. The van der Waals surface area contributed by atoms with Crippen LogP contribution < -0.4 is 4.74 Å². The maximum Gasteiger partial charge on any atom is 0.311 e. The molecule has 0 bridgehead atoms. The van der Waals surface area contributed by atoms with Crippen LogP contribution in [-0.2, 0) is 9.47 Å². The van der Waals surface area contributed by atoms with Gasteiger partial charge in [0.05, 0.1) is 24.7 Å². The van der Waals surface area contributed by atoms with E-state index in [-0.39, 0.29) is 18.0 Å². The van der Waals surface area contributed by atoms with Crippen LogP contribution in [0.3, 0.4) is 0 Å². The molecule has 1 aromatic rings. The van der Waals surface area contributed by atoms with Crippen molar-refractivity contribution in [2.45, 2.75) is 0 Å². The lowest BCUT2D eigenvalue weighted by atomic mass is 10.3. The zero-order valence-electron chi connectivity index (χ0n) is 9.93. The van der Waals surface area contributed by atoms with Crippen molar-refractivity contribution in [1.82, 2.24) is 0 Å². The summed E-state index contributed by atoms with van der Waals surface area (Å²) >= 11 is 5.75. The van der Waals surface area contributed by atoms with Gasteiger partial charge < -0.3 is 14.2 Å². The Morgan fingerprint density at radius 3 is 2.67 bits per heavy atom. The number of hydrogen-bond acceptors (Lipinski definition) is 5. The summed E-state index contributed by atoms with van der Waals surface area (Å²) in [6, 6.07) is 4.17. The van der Waals surface area contributed by atoms with Gasteiger partial charge in [0, 0.05) is 24.3 Å². The number of nitrogens with zero attached hydrogens (tertiary/aromatic N) is 1. The van der Waals surface area contributed by atoms with Crippen molar-refractivity contribution in [3.05, 3.63) is 33.3 Å². The predicted molar refractivity (Wildman–Crippen MR) is 66.3 cm³/mol. The molecule has 0 radical (unpaired) electrons. The van der Waals surface area contributed by atoms with Crippen molar-refractivity contribution in [2.75, 3.05) is 33.5 Å². The first-order chi connectivity index (χ1) is 8.65. The molecule has 100 valence electrons. The average molecular weight is 276 g/mol. The fraction of sp³-hybridized carbons (Fsp3) is 0.455. The van der Waals surface area contributed by atoms with E-state index in [4.69, 9.17) is 25.8 Å². The van der Waals surface area contributed by atoms with E-state index in [0.29, 0.717) is 24.8 Å². The first-order valence-corrected chi connectivity index (χ1v) is 5.66. The molecule has 0 saturated heterocycles. The first-order valence-electron chi connectivity index (χ1n) is 5.28. The molecule has 0 saturated carbocycles. The van der Waals surface area contributed by atoms with Gasteiger partial charge in [-0.05, 0) is 6.07 Å². The number of halogens is 1. The molecule has 0 amide bonds. The topological polar surface area (TPSA) is 70.8 Å². The number of nitro groups is 1. The number of nitro benzene ring substituents is 1. The minimum atomic E-state index is -0.516. The van der Waals surface area contributed by atoms with E-state index in [9.17, 15) is 10.1 Å². The highest BCUT2D eigenvalue weighted by Gasteiger charge is 2.14. The van der Waals surface area contributed by atoms with Gasteiger partial charge in [-0.25, -0.2) is 0 Å². The lowest BCUT2D eigenvalue weighted by molar-refractivity contribution is -0.385. The van der Waals surface area contributed by atoms with Crippen molar-refractivity contribution in [3.8, 4) is 5.75 Å². The zero-order valence-corrected chi connectivity index (χ0v) is 10.7. The fourth-order valence-corrected chi connectivity index (χ4v) is 1.37. The van der Waals surface area contributed by atoms with E-state index < -0.39 is 4.92 Å². The molecule has 6 nitrogen and oxygen atoms in total. The van der Waals surface area contributed by atoms with E-state index in [1.54, 1.807) is 7.11 Å². The Morgan fingerprint density at radius 2 is 2.00 bits per heavy atom. The molecule has 0 aliphatic rings. The van der Waals surface area contributed by atoms with Crippen LogP contribution in [-0.4, -0.2) is 38.5 Å². The Kier molecular flexibility index (Phi) is 6.42. The van der Waals surface area contributed by atoms with Crippen molar-refractivity contribution in [2.24, 2.45) is 0 Å². The highest BCUT2D eigenvalue weighted by Crippen LogP contribution is 2.29. The lowest BCUT2D eigenvalue weighted by Gasteiger charge is -2.07. The van der Waals surface area contributed by atoms with Crippen LogP contribution in [0.5, 0.6) is 5.75 Å². The van der Waals surface area contributed by atoms with Gasteiger partial charge in [-0.15, -0.1) is 0 Å². The van der Waals surface area contributed by atoms with Crippen molar-refractivity contribution < 1.29 is 19.1 Å². The molecule has 0 heterocycles. The molecule has 0 atom stereocenters.